The first-order valence-corrected chi connectivity index (χ1v) is 7.34. The minimum absolute atomic E-state index is 0.0655. The summed E-state index contributed by atoms with van der Waals surface area (Å²) >= 11 is 3.42. The van der Waals surface area contributed by atoms with Gasteiger partial charge in [0.2, 0.25) is 0 Å². The van der Waals surface area contributed by atoms with Gasteiger partial charge in [0.15, 0.2) is 0 Å². The molecular weight excluding hydrogens is 333 g/mol. The van der Waals surface area contributed by atoms with Gasteiger partial charge in [0.1, 0.15) is 5.82 Å². The monoisotopic (exact) mass is 345 g/mol. The highest BCUT2D eigenvalue weighted by molar-refractivity contribution is 9.10. The van der Waals surface area contributed by atoms with Crippen LogP contribution in [0.3, 0.4) is 0 Å². The van der Waals surface area contributed by atoms with Crippen LogP contribution < -0.4 is 5.32 Å². The summed E-state index contributed by atoms with van der Waals surface area (Å²) in [6.07, 6.45) is 4.63. The largest absolute Gasteiger partial charge is 0.377 e. The van der Waals surface area contributed by atoms with Crippen LogP contribution in [-0.2, 0) is 0 Å². The number of rotatable bonds is 3. The molecule has 3 rings (SSSR count). The van der Waals surface area contributed by atoms with Gasteiger partial charge in [-0.1, -0.05) is 12.1 Å². The van der Waals surface area contributed by atoms with Gasteiger partial charge < -0.3 is 5.32 Å². The lowest BCUT2D eigenvalue weighted by atomic mass is 10.1. The molecule has 0 aliphatic heterocycles. The molecule has 3 aromatic rings. The molecule has 1 atom stereocenters. The Hall–Kier alpha value is -2.01. The lowest BCUT2D eigenvalue weighted by Crippen LogP contribution is -2.08. The molecule has 0 saturated carbocycles. The fraction of sp³-hybridized carbons (Fsp3) is 0.125. The molecular formula is C16H13BrFN3. The maximum atomic E-state index is 13.3. The highest BCUT2D eigenvalue weighted by atomic mass is 79.9. The van der Waals surface area contributed by atoms with Crippen molar-refractivity contribution in [2.45, 2.75) is 13.0 Å². The molecule has 1 aromatic carbocycles. The summed E-state index contributed by atoms with van der Waals surface area (Å²) in [6, 6.07) is 9.38. The third-order valence-electron chi connectivity index (χ3n) is 3.28. The summed E-state index contributed by atoms with van der Waals surface area (Å²) in [6.45, 7) is 1.97. The lowest BCUT2D eigenvalue weighted by molar-refractivity contribution is 0.616. The second-order valence-corrected chi connectivity index (χ2v) is 5.75. The van der Waals surface area contributed by atoms with Crippen LogP contribution in [-0.4, -0.2) is 9.97 Å². The van der Waals surface area contributed by atoms with Crippen LogP contribution in [0.25, 0.3) is 10.9 Å². The van der Waals surface area contributed by atoms with Crippen molar-refractivity contribution >= 4 is 32.5 Å². The summed E-state index contributed by atoms with van der Waals surface area (Å²) in [7, 11) is 0. The fourth-order valence-electron chi connectivity index (χ4n) is 2.23. The molecule has 21 heavy (non-hydrogen) atoms. The summed E-state index contributed by atoms with van der Waals surface area (Å²) in [5, 5.41) is 4.40. The van der Waals surface area contributed by atoms with Crippen LogP contribution in [0, 0.1) is 5.82 Å². The van der Waals surface area contributed by atoms with Crippen LogP contribution in [0.2, 0.25) is 0 Å². The second kappa shape index (κ2) is 5.77. The van der Waals surface area contributed by atoms with E-state index in [1.54, 1.807) is 12.4 Å². The van der Waals surface area contributed by atoms with Crippen molar-refractivity contribution in [2.75, 3.05) is 5.32 Å². The van der Waals surface area contributed by atoms with E-state index in [1.807, 2.05) is 31.2 Å². The summed E-state index contributed by atoms with van der Waals surface area (Å²) in [4.78, 5) is 8.33. The van der Waals surface area contributed by atoms with Gasteiger partial charge in [0.25, 0.3) is 0 Å². The van der Waals surface area contributed by atoms with Gasteiger partial charge in [-0.15, -0.1) is 0 Å². The van der Waals surface area contributed by atoms with Crippen LogP contribution in [0.5, 0.6) is 0 Å². The van der Waals surface area contributed by atoms with Gasteiger partial charge in [-0.2, -0.15) is 0 Å². The summed E-state index contributed by atoms with van der Waals surface area (Å²) in [5.41, 5.74) is 2.60. The van der Waals surface area contributed by atoms with Crippen LogP contribution in [0.15, 0.2) is 53.4 Å². The zero-order valence-electron chi connectivity index (χ0n) is 11.3. The van der Waals surface area contributed by atoms with Gasteiger partial charge in [0, 0.05) is 22.3 Å². The smallest absolute Gasteiger partial charge is 0.141 e. The number of aromatic nitrogens is 2. The van der Waals surface area contributed by atoms with Crippen LogP contribution in [0.1, 0.15) is 18.5 Å². The molecule has 2 heterocycles. The molecule has 1 unspecified atom stereocenters. The zero-order valence-corrected chi connectivity index (χ0v) is 12.9. The van der Waals surface area contributed by atoms with E-state index in [0.29, 0.717) is 0 Å². The van der Waals surface area contributed by atoms with Gasteiger partial charge >= 0.3 is 0 Å². The first-order valence-electron chi connectivity index (χ1n) is 6.55. The third-order valence-corrected chi connectivity index (χ3v) is 3.71. The number of fused-ring (bicyclic) bond motifs is 1. The Morgan fingerprint density at radius 1 is 1.19 bits per heavy atom. The Morgan fingerprint density at radius 2 is 2.05 bits per heavy atom. The molecule has 0 fully saturated rings. The Kier molecular flexibility index (Phi) is 3.84. The molecule has 2 aromatic heterocycles. The molecule has 5 heteroatoms. The summed E-state index contributed by atoms with van der Waals surface area (Å²) in [5.74, 6) is -0.332. The molecule has 0 amide bonds. The highest BCUT2D eigenvalue weighted by Crippen LogP contribution is 2.27. The highest BCUT2D eigenvalue weighted by Gasteiger charge is 2.09. The van der Waals surface area contributed by atoms with E-state index in [-0.39, 0.29) is 11.9 Å². The normalized spacial score (nSPS) is 12.3. The molecule has 0 radical (unpaired) electrons. The SMILES string of the molecule is CC(Nc1cccc2cc(Br)cnc12)c1cncc(F)c1. The number of hydrogen-bond donors (Lipinski definition) is 1. The van der Waals surface area contributed by atoms with Crippen molar-refractivity contribution in [3.63, 3.8) is 0 Å². The van der Waals surface area contributed by atoms with E-state index >= 15 is 0 Å². The Morgan fingerprint density at radius 3 is 2.86 bits per heavy atom. The van der Waals surface area contributed by atoms with Crippen LogP contribution >= 0.6 is 15.9 Å². The van der Waals surface area contributed by atoms with E-state index in [0.717, 1.165) is 26.6 Å². The maximum absolute atomic E-state index is 13.3. The standard InChI is InChI=1S/C16H13BrFN3/c1-10(12-6-14(18)9-19-7-12)21-15-4-2-3-11-5-13(17)8-20-16(11)15/h2-10,21H,1H3. The number of nitrogens with zero attached hydrogens (tertiary/aromatic N) is 2. The maximum Gasteiger partial charge on any atom is 0.141 e. The van der Waals surface area contributed by atoms with Gasteiger partial charge in [-0.05, 0) is 46.6 Å². The number of nitrogens with one attached hydrogen (secondary N) is 1. The molecule has 0 aliphatic rings. The number of para-hydroxylation sites is 1. The molecule has 1 N–H and O–H groups in total. The number of anilines is 1. The van der Waals surface area contributed by atoms with Crippen LogP contribution in [0.4, 0.5) is 10.1 Å². The predicted molar refractivity (Wildman–Crippen MR) is 85.7 cm³/mol. The minimum Gasteiger partial charge on any atom is -0.377 e. The molecule has 3 nitrogen and oxygen atoms in total. The number of hydrogen-bond acceptors (Lipinski definition) is 3. The molecule has 106 valence electrons. The van der Waals surface area contributed by atoms with Crippen molar-refractivity contribution < 1.29 is 4.39 Å². The lowest BCUT2D eigenvalue weighted by Gasteiger charge is -2.16. The van der Waals surface area contributed by atoms with E-state index in [2.05, 4.69) is 31.2 Å². The average Bonchev–Trinajstić information content (AvgIpc) is 2.47. The van der Waals surface area contributed by atoms with Crippen molar-refractivity contribution in [2.24, 2.45) is 0 Å². The fourth-order valence-corrected chi connectivity index (χ4v) is 2.58. The van der Waals surface area contributed by atoms with E-state index in [9.17, 15) is 4.39 Å². The Bertz CT molecular complexity index is 791. The first-order chi connectivity index (χ1) is 10.1. The minimum atomic E-state index is -0.332. The van der Waals surface area contributed by atoms with Crippen molar-refractivity contribution in [3.8, 4) is 0 Å². The molecule has 0 saturated heterocycles. The predicted octanol–water partition coefficient (Wildman–Crippen LogP) is 4.70. The zero-order chi connectivity index (χ0) is 14.8. The van der Waals surface area contributed by atoms with E-state index < -0.39 is 0 Å². The number of halogens is 2. The average molecular weight is 346 g/mol. The Balaban J connectivity index is 1.94. The number of pyridine rings is 2. The molecule has 0 aliphatic carbocycles. The van der Waals surface area contributed by atoms with E-state index in [1.165, 1.54) is 12.3 Å². The molecule has 0 bridgehead atoms. The first kappa shape index (κ1) is 13.9. The van der Waals surface area contributed by atoms with Crippen molar-refractivity contribution in [1.29, 1.82) is 0 Å². The third kappa shape index (κ3) is 3.03. The van der Waals surface area contributed by atoms with Gasteiger partial charge in [-0.3, -0.25) is 9.97 Å². The molecule has 0 spiro atoms. The van der Waals surface area contributed by atoms with Crippen molar-refractivity contribution in [1.82, 2.24) is 9.97 Å². The number of benzene rings is 1. The topological polar surface area (TPSA) is 37.8 Å². The second-order valence-electron chi connectivity index (χ2n) is 4.83. The van der Waals surface area contributed by atoms with E-state index in [4.69, 9.17) is 0 Å². The van der Waals surface area contributed by atoms with Gasteiger partial charge in [-0.25, -0.2) is 4.39 Å². The van der Waals surface area contributed by atoms with Crippen molar-refractivity contribution in [3.05, 3.63) is 64.8 Å². The quantitative estimate of drug-likeness (QED) is 0.747. The Labute approximate surface area is 130 Å². The van der Waals surface area contributed by atoms with Gasteiger partial charge in [0.05, 0.1) is 23.4 Å². The summed E-state index contributed by atoms with van der Waals surface area (Å²) < 4.78 is 14.2.